The van der Waals surface area contributed by atoms with Crippen LogP contribution in [0, 0.1) is 6.92 Å². The van der Waals surface area contributed by atoms with Crippen molar-refractivity contribution in [3.8, 4) is 0 Å². The molecule has 96 valence electrons. The maximum Gasteiger partial charge on any atom is 0.313 e. The largest absolute Gasteiger partial charge is 0.481 e. The van der Waals surface area contributed by atoms with Gasteiger partial charge in [0, 0.05) is 12.2 Å². The van der Waals surface area contributed by atoms with Gasteiger partial charge in [0.15, 0.2) is 10.8 Å². The van der Waals surface area contributed by atoms with Gasteiger partial charge in [-0.2, -0.15) is 0 Å². The van der Waals surface area contributed by atoms with Crippen molar-refractivity contribution in [2.45, 2.75) is 32.0 Å². The number of aromatic nitrogens is 3. The lowest BCUT2D eigenvalue weighted by molar-refractivity contribution is -0.133. The van der Waals surface area contributed by atoms with Gasteiger partial charge in [-0.15, -0.1) is 0 Å². The number of carbonyl (C=O) groups is 1. The monoisotopic (exact) mass is 265 g/mol. The summed E-state index contributed by atoms with van der Waals surface area (Å²) in [5.74, 6) is -0.832. The second-order valence-electron chi connectivity index (χ2n) is 4.40. The summed E-state index contributed by atoms with van der Waals surface area (Å²) in [5, 5.41) is 9.46. The van der Waals surface area contributed by atoms with Crippen LogP contribution in [0.2, 0.25) is 0 Å². The molecule has 0 saturated heterocycles. The smallest absolute Gasteiger partial charge is 0.313 e. The molecule has 0 radical (unpaired) electrons. The molecular weight excluding hydrogens is 250 g/mol. The lowest BCUT2D eigenvalue weighted by atomic mass is 10.3. The van der Waals surface area contributed by atoms with Gasteiger partial charge in [-0.25, -0.2) is 9.97 Å². The predicted molar refractivity (Wildman–Crippen MR) is 71.0 cm³/mol. The molecule has 0 aliphatic heterocycles. The Balaban J connectivity index is 2.50. The van der Waals surface area contributed by atoms with Crippen LogP contribution in [0.3, 0.4) is 0 Å². The number of imidazole rings is 1. The molecule has 0 amide bonds. The summed E-state index contributed by atoms with van der Waals surface area (Å²) in [4.78, 5) is 19.5. The fraction of sp³-hybridized carbons (Fsp3) is 0.417. The van der Waals surface area contributed by atoms with Gasteiger partial charge in [0.05, 0.1) is 5.75 Å². The zero-order valence-corrected chi connectivity index (χ0v) is 11.4. The lowest BCUT2D eigenvalue weighted by Gasteiger charge is -2.11. The Hall–Kier alpha value is -1.56. The van der Waals surface area contributed by atoms with E-state index in [2.05, 4.69) is 9.97 Å². The number of pyridine rings is 1. The van der Waals surface area contributed by atoms with Gasteiger partial charge in [-0.1, -0.05) is 11.8 Å². The highest BCUT2D eigenvalue weighted by atomic mass is 32.2. The third-order valence-corrected chi connectivity index (χ3v) is 3.41. The minimum atomic E-state index is -0.841. The Morgan fingerprint density at radius 1 is 1.56 bits per heavy atom. The molecule has 0 aromatic carbocycles. The Bertz CT molecular complexity index is 592. The van der Waals surface area contributed by atoms with E-state index in [1.54, 1.807) is 6.20 Å². The average molecular weight is 265 g/mol. The Morgan fingerprint density at radius 3 is 2.89 bits per heavy atom. The SMILES string of the molecule is Cc1cnc2c(c1)nc(SCC(=O)O)n2C(C)C. The molecule has 6 heteroatoms. The van der Waals surface area contributed by atoms with E-state index in [-0.39, 0.29) is 11.8 Å². The van der Waals surface area contributed by atoms with E-state index in [4.69, 9.17) is 5.11 Å². The van der Waals surface area contributed by atoms with Gasteiger partial charge in [-0.05, 0) is 32.4 Å². The molecule has 0 saturated carbocycles. The molecule has 0 atom stereocenters. The standard InChI is InChI=1S/C12H15N3O2S/c1-7(2)15-11-9(4-8(3)5-13-11)14-12(15)18-6-10(16)17/h4-5,7H,6H2,1-3H3,(H,16,17). The van der Waals surface area contributed by atoms with Crippen molar-refractivity contribution in [2.75, 3.05) is 5.75 Å². The summed E-state index contributed by atoms with van der Waals surface area (Å²) in [7, 11) is 0. The van der Waals surface area contributed by atoms with Crippen molar-refractivity contribution in [3.63, 3.8) is 0 Å². The van der Waals surface area contributed by atoms with Crippen molar-refractivity contribution >= 4 is 28.9 Å². The summed E-state index contributed by atoms with van der Waals surface area (Å²) in [6, 6.07) is 2.16. The van der Waals surface area contributed by atoms with E-state index < -0.39 is 5.97 Å². The van der Waals surface area contributed by atoms with Crippen LogP contribution in [0.4, 0.5) is 0 Å². The third-order valence-electron chi connectivity index (χ3n) is 2.48. The molecule has 2 heterocycles. The number of rotatable bonds is 4. The first-order chi connectivity index (χ1) is 8.49. The van der Waals surface area contributed by atoms with Gasteiger partial charge in [-0.3, -0.25) is 4.79 Å². The topological polar surface area (TPSA) is 68.0 Å². The number of aliphatic carboxylic acids is 1. The highest BCUT2D eigenvalue weighted by Gasteiger charge is 2.15. The van der Waals surface area contributed by atoms with Crippen LogP contribution in [-0.4, -0.2) is 31.4 Å². The third kappa shape index (κ3) is 2.48. The summed E-state index contributed by atoms with van der Waals surface area (Å²) < 4.78 is 1.97. The average Bonchev–Trinajstić information content (AvgIpc) is 2.63. The first-order valence-electron chi connectivity index (χ1n) is 5.68. The maximum absolute atomic E-state index is 10.6. The second-order valence-corrected chi connectivity index (χ2v) is 5.34. The molecule has 0 unspecified atom stereocenters. The van der Waals surface area contributed by atoms with Gasteiger partial charge in [0.1, 0.15) is 5.52 Å². The van der Waals surface area contributed by atoms with E-state index in [9.17, 15) is 4.79 Å². The second kappa shape index (κ2) is 4.97. The molecule has 0 spiro atoms. The number of fused-ring (bicyclic) bond motifs is 1. The molecule has 0 bridgehead atoms. The fourth-order valence-electron chi connectivity index (χ4n) is 1.76. The van der Waals surface area contributed by atoms with Crippen LogP contribution in [-0.2, 0) is 4.79 Å². The first-order valence-corrected chi connectivity index (χ1v) is 6.66. The summed E-state index contributed by atoms with van der Waals surface area (Å²) in [6.07, 6.45) is 1.80. The van der Waals surface area contributed by atoms with Crippen molar-refractivity contribution < 1.29 is 9.90 Å². The molecule has 2 rings (SSSR count). The van der Waals surface area contributed by atoms with Gasteiger partial charge >= 0.3 is 5.97 Å². The minimum Gasteiger partial charge on any atom is -0.481 e. The van der Waals surface area contributed by atoms with E-state index in [1.165, 1.54) is 11.8 Å². The highest BCUT2D eigenvalue weighted by Crippen LogP contribution is 2.26. The summed E-state index contributed by atoms with van der Waals surface area (Å²) >= 11 is 1.23. The van der Waals surface area contributed by atoms with E-state index in [1.807, 2.05) is 31.4 Å². The molecule has 0 fully saturated rings. The number of thioether (sulfide) groups is 1. The van der Waals surface area contributed by atoms with Crippen LogP contribution in [0.1, 0.15) is 25.5 Å². The Morgan fingerprint density at radius 2 is 2.28 bits per heavy atom. The van der Waals surface area contributed by atoms with E-state index in [0.717, 1.165) is 16.7 Å². The van der Waals surface area contributed by atoms with Crippen LogP contribution in [0.15, 0.2) is 17.4 Å². The highest BCUT2D eigenvalue weighted by molar-refractivity contribution is 7.99. The number of carboxylic acid groups (broad SMARTS) is 1. The van der Waals surface area contributed by atoms with Gasteiger partial charge < -0.3 is 9.67 Å². The summed E-state index contributed by atoms with van der Waals surface area (Å²) in [6.45, 7) is 6.03. The number of hydrogen-bond acceptors (Lipinski definition) is 4. The summed E-state index contributed by atoms with van der Waals surface area (Å²) in [5.41, 5.74) is 2.67. The predicted octanol–water partition coefficient (Wildman–Crippen LogP) is 2.50. The van der Waals surface area contributed by atoms with E-state index in [0.29, 0.717) is 5.16 Å². The molecule has 2 aromatic rings. The fourth-order valence-corrected chi connectivity index (χ4v) is 2.61. The zero-order valence-electron chi connectivity index (χ0n) is 10.5. The van der Waals surface area contributed by atoms with Crippen molar-refractivity contribution in [2.24, 2.45) is 0 Å². The number of aryl methyl sites for hydroxylation is 1. The molecule has 1 N–H and O–H groups in total. The maximum atomic E-state index is 10.6. The van der Waals surface area contributed by atoms with Gasteiger partial charge in [0.25, 0.3) is 0 Å². The van der Waals surface area contributed by atoms with Gasteiger partial charge in [0.2, 0.25) is 0 Å². The van der Waals surface area contributed by atoms with Crippen LogP contribution in [0.25, 0.3) is 11.2 Å². The normalized spacial score (nSPS) is 11.3. The molecule has 5 nitrogen and oxygen atoms in total. The number of hydrogen-bond donors (Lipinski definition) is 1. The number of nitrogens with zero attached hydrogens (tertiary/aromatic N) is 3. The van der Waals surface area contributed by atoms with Crippen molar-refractivity contribution in [3.05, 3.63) is 17.8 Å². The molecular formula is C12H15N3O2S. The van der Waals surface area contributed by atoms with Crippen LogP contribution >= 0.6 is 11.8 Å². The minimum absolute atomic E-state index is 0.00895. The lowest BCUT2D eigenvalue weighted by Crippen LogP contribution is -2.05. The Kier molecular flexibility index (Phi) is 3.56. The molecule has 0 aliphatic carbocycles. The van der Waals surface area contributed by atoms with Crippen LogP contribution < -0.4 is 0 Å². The van der Waals surface area contributed by atoms with E-state index >= 15 is 0 Å². The quantitative estimate of drug-likeness (QED) is 0.860. The van der Waals surface area contributed by atoms with Crippen LogP contribution in [0.5, 0.6) is 0 Å². The number of carboxylic acids is 1. The molecule has 2 aromatic heterocycles. The molecule has 18 heavy (non-hydrogen) atoms. The van der Waals surface area contributed by atoms with Crippen molar-refractivity contribution in [1.82, 2.24) is 14.5 Å². The first kappa shape index (κ1) is 12.9. The van der Waals surface area contributed by atoms with Crippen molar-refractivity contribution in [1.29, 1.82) is 0 Å². The molecule has 0 aliphatic rings. The Labute approximate surface area is 109 Å². The zero-order chi connectivity index (χ0) is 13.3.